The van der Waals surface area contributed by atoms with Gasteiger partial charge in [-0.05, 0) is 30.4 Å². The van der Waals surface area contributed by atoms with E-state index in [0.717, 1.165) is 0 Å². The number of nitro groups is 1. The maximum atomic E-state index is 13.6. The largest absolute Gasteiger partial charge is 0.497 e. The second-order valence-corrected chi connectivity index (χ2v) is 10.5. The van der Waals surface area contributed by atoms with Gasteiger partial charge in [0.15, 0.2) is 0 Å². The first-order valence-electron chi connectivity index (χ1n) is 10.3. The van der Waals surface area contributed by atoms with Crippen LogP contribution in [0.3, 0.4) is 0 Å². The fraction of sp³-hybridized carbons (Fsp3) is 0.652. The lowest BCUT2D eigenvalue weighted by atomic mass is 9.65. The minimum atomic E-state index is -0.907. The van der Waals surface area contributed by atoms with E-state index in [0.29, 0.717) is 24.2 Å². The number of carbonyl (C=O) groups is 2. The molecule has 7 heteroatoms. The Morgan fingerprint density at radius 1 is 1.20 bits per heavy atom. The van der Waals surface area contributed by atoms with Crippen molar-refractivity contribution < 1.29 is 24.0 Å². The summed E-state index contributed by atoms with van der Waals surface area (Å²) in [4.78, 5) is 37.6. The summed E-state index contributed by atoms with van der Waals surface area (Å²) in [5, 5.41) is 11.7. The molecule has 3 atom stereocenters. The molecule has 2 aliphatic rings. The maximum Gasteiger partial charge on any atom is 0.313 e. The number of fused-ring (bicyclic) bond motifs is 2. The van der Waals surface area contributed by atoms with Crippen LogP contribution in [0.4, 0.5) is 5.69 Å². The highest BCUT2D eigenvalue weighted by Gasteiger charge is 2.73. The van der Waals surface area contributed by atoms with Gasteiger partial charge in [0.25, 0.3) is 5.69 Å². The topological polar surface area (TPSA) is 95.7 Å². The van der Waals surface area contributed by atoms with Gasteiger partial charge in [-0.25, -0.2) is 0 Å². The molecule has 1 aromatic rings. The molecule has 3 rings (SSSR count). The summed E-state index contributed by atoms with van der Waals surface area (Å²) < 4.78 is 11.3. The summed E-state index contributed by atoms with van der Waals surface area (Å²) in [5.41, 5.74) is -2.45. The third kappa shape index (κ3) is 2.93. The van der Waals surface area contributed by atoms with Gasteiger partial charge in [0, 0.05) is 23.3 Å². The van der Waals surface area contributed by atoms with Crippen LogP contribution >= 0.6 is 0 Å². The van der Waals surface area contributed by atoms with Crippen LogP contribution in [0.25, 0.3) is 0 Å². The average molecular weight is 418 g/mol. The van der Waals surface area contributed by atoms with Gasteiger partial charge in [-0.15, -0.1) is 0 Å². The number of ether oxygens (including phenoxy) is 2. The molecule has 0 aliphatic heterocycles. The molecule has 2 aliphatic carbocycles. The molecule has 0 radical (unpaired) electrons. The number of Topliss-reactive ketones (excluding diaryl/α,β-unsaturated/α-hetero) is 1. The molecule has 0 spiro atoms. The third-order valence-electron chi connectivity index (χ3n) is 7.82. The number of ketones is 1. The molecule has 0 amide bonds. The number of esters is 1. The summed E-state index contributed by atoms with van der Waals surface area (Å²) >= 11 is 0. The van der Waals surface area contributed by atoms with Crippen LogP contribution in [0, 0.1) is 31.8 Å². The lowest BCUT2D eigenvalue weighted by Gasteiger charge is -2.40. The summed E-state index contributed by atoms with van der Waals surface area (Å²) in [7, 11) is 1.48. The quantitative estimate of drug-likeness (QED) is 0.379. The van der Waals surface area contributed by atoms with Gasteiger partial charge in [0.1, 0.15) is 17.6 Å². The van der Waals surface area contributed by atoms with Crippen molar-refractivity contribution in [2.24, 2.45) is 21.7 Å². The van der Waals surface area contributed by atoms with E-state index in [1.165, 1.54) is 19.2 Å². The fourth-order valence-corrected chi connectivity index (χ4v) is 5.27. The average Bonchev–Trinajstić information content (AvgIpc) is 2.94. The van der Waals surface area contributed by atoms with E-state index in [1.807, 2.05) is 41.5 Å². The Kier molecular flexibility index (Phi) is 5.03. The lowest BCUT2D eigenvalue weighted by Crippen LogP contribution is -2.43. The summed E-state index contributed by atoms with van der Waals surface area (Å²) in [6.07, 6.45) is 0.519. The molecule has 0 heterocycles. The van der Waals surface area contributed by atoms with Crippen LogP contribution in [0.15, 0.2) is 18.2 Å². The first kappa shape index (κ1) is 22.2. The standard InChI is InChI=1S/C23H31NO6/c1-20(2,3)18(15-12-14(29-7)8-9-16(15)24(27)28)30-19(26)23-11-10-22(6,17(25)13-23)21(23,4)5/h8-9,12,18H,10-11,13H2,1-7H3/t18?,22-,23+/m0/s1. The maximum absolute atomic E-state index is 13.6. The normalized spacial score (nSPS) is 28.3. The zero-order valence-electron chi connectivity index (χ0n) is 18.8. The number of rotatable bonds is 5. The first-order valence-corrected chi connectivity index (χ1v) is 10.3. The molecule has 164 valence electrons. The van der Waals surface area contributed by atoms with Gasteiger partial charge in [-0.2, -0.15) is 0 Å². The fourth-order valence-electron chi connectivity index (χ4n) is 5.27. The number of hydrogen-bond donors (Lipinski definition) is 0. The van der Waals surface area contributed by atoms with Crippen LogP contribution in [0.1, 0.15) is 72.5 Å². The predicted molar refractivity (Wildman–Crippen MR) is 111 cm³/mol. The highest BCUT2D eigenvalue weighted by Crippen LogP contribution is 2.71. The van der Waals surface area contributed by atoms with Crippen molar-refractivity contribution in [1.82, 2.24) is 0 Å². The van der Waals surface area contributed by atoms with Crippen LogP contribution in [0.2, 0.25) is 0 Å². The van der Waals surface area contributed by atoms with Crippen molar-refractivity contribution in [3.63, 3.8) is 0 Å². The van der Waals surface area contributed by atoms with Crippen LogP contribution in [-0.2, 0) is 14.3 Å². The zero-order valence-corrected chi connectivity index (χ0v) is 18.8. The summed E-state index contributed by atoms with van der Waals surface area (Å²) in [5.74, 6) is 0.0957. The molecule has 1 unspecified atom stereocenters. The molecule has 0 N–H and O–H groups in total. The molecule has 30 heavy (non-hydrogen) atoms. The van der Waals surface area contributed by atoms with Gasteiger partial charge in [-0.1, -0.05) is 41.5 Å². The number of nitrogens with zero attached hydrogens (tertiary/aromatic N) is 1. The van der Waals surface area contributed by atoms with Gasteiger partial charge >= 0.3 is 5.97 Å². The molecule has 1 aromatic carbocycles. The van der Waals surface area contributed by atoms with Crippen LogP contribution in [0.5, 0.6) is 5.75 Å². The monoisotopic (exact) mass is 417 g/mol. The minimum Gasteiger partial charge on any atom is -0.497 e. The molecule has 0 saturated heterocycles. The van der Waals surface area contributed by atoms with Crippen molar-refractivity contribution in [2.45, 2.75) is 66.9 Å². The van der Waals surface area contributed by atoms with Gasteiger partial charge in [0.2, 0.25) is 0 Å². The SMILES string of the molecule is COc1ccc([N+](=O)[O-])c(C(OC(=O)[C@@]23CC[C@@](C)(C(=O)C2)C3(C)C)C(C)(C)C)c1. The molecule has 2 saturated carbocycles. The van der Waals surface area contributed by atoms with Crippen LogP contribution in [-0.4, -0.2) is 23.8 Å². The van der Waals surface area contributed by atoms with E-state index in [2.05, 4.69) is 0 Å². The van der Waals surface area contributed by atoms with Crippen molar-refractivity contribution in [1.29, 1.82) is 0 Å². The van der Waals surface area contributed by atoms with Crippen molar-refractivity contribution in [2.75, 3.05) is 7.11 Å². The van der Waals surface area contributed by atoms with Crippen molar-refractivity contribution >= 4 is 17.4 Å². The Balaban J connectivity index is 2.06. The highest BCUT2D eigenvalue weighted by atomic mass is 16.6. The molecule has 0 aromatic heterocycles. The molecule has 2 bridgehead atoms. The van der Waals surface area contributed by atoms with Gasteiger partial charge < -0.3 is 9.47 Å². The molecular formula is C23H31NO6. The third-order valence-corrected chi connectivity index (χ3v) is 7.82. The Labute approximate surface area is 177 Å². The Bertz CT molecular complexity index is 915. The predicted octanol–water partition coefficient (Wildman–Crippen LogP) is 5.02. The summed E-state index contributed by atoms with van der Waals surface area (Å²) in [6.45, 7) is 11.5. The second-order valence-electron chi connectivity index (χ2n) is 10.5. The molecule has 2 fully saturated rings. The number of benzene rings is 1. The van der Waals surface area contributed by atoms with E-state index in [1.54, 1.807) is 6.07 Å². The van der Waals surface area contributed by atoms with E-state index in [9.17, 15) is 19.7 Å². The smallest absolute Gasteiger partial charge is 0.313 e. The minimum absolute atomic E-state index is 0.0929. The zero-order chi connectivity index (χ0) is 22.7. The Hall–Kier alpha value is -2.44. The van der Waals surface area contributed by atoms with E-state index in [-0.39, 0.29) is 17.9 Å². The Morgan fingerprint density at radius 3 is 2.27 bits per heavy atom. The number of nitro benzene ring substituents is 1. The molecule has 7 nitrogen and oxygen atoms in total. The second kappa shape index (κ2) is 6.79. The highest BCUT2D eigenvalue weighted by molar-refractivity contribution is 5.98. The summed E-state index contributed by atoms with van der Waals surface area (Å²) in [6, 6.07) is 4.44. The van der Waals surface area contributed by atoms with E-state index >= 15 is 0 Å². The van der Waals surface area contributed by atoms with Gasteiger partial charge in [-0.3, -0.25) is 19.7 Å². The Morgan fingerprint density at radius 2 is 1.83 bits per heavy atom. The van der Waals surface area contributed by atoms with Crippen molar-refractivity contribution in [3.05, 3.63) is 33.9 Å². The number of methoxy groups -OCH3 is 1. The number of hydrogen-bond acceptors (Lipinski definition) is 6. The van der Waals surface area contributed by atoms with Crippen molar-refractivity contribution in [3.8, 4) is 5.75 Å². The first-order chi connectivity index (χ1) is 13.7. The van der Waals surface area contributed by atoms with E-state index in [4.69, 9.17) is 9.47 Å². The van der Waals surface area contributed by atoms with E-state index < -0.39 is 38.7 Å². The van der Waals surface area contributed by atoms with Crippen LogP contribution < -0.4 is 4.74 Å². The number of carbonyl (C=O) groups excluding carboxylic acids is 2. The molecular weight excluding hydrogens is 386 g/mol. The lowest BCUT2D eigenvalue weighted by molar-refractivity contribution is -0.386. The van der Waals surface area contributed by atoms with Gasteiger partial charge in [0.05, 0.1) is 23.0 Å².